The van der Waals surface area contributed by atoms with Crippen molar-refractivity contribution in [2.24, 2.45) is 0 Å². The van der Waals surface area contributed by atoms with Gasteiger partial charge in [0.2, 0.25) is 5.91 Å². The summed E-state index contributed by atoms with van der Waals surface area (Å²) in [5.74, 6) is -0.0551. The second-order valence-corrected chi connectivity index (χ2v) is 7.49. The van der Waals surface area contributed by atoms with Gasteiger partial charge >= 0.3 is 12.2 Å². The minimum Gasteiger partial charge on any atom is -0.338 e. The predicted octanol–water partition coefficient (Wildman–Crippen LogP) is 4.10. The smallest absolute Gasteiger partial charge is 0.338 e. The number of likely N-dealkylation sites (tertiary alicyclic amines) is 2. The molecule has 0 radical (unpaired) electrons. The zero-order valence-corrected chi connectivity index (χ0v) is 15.5. The van der Waals surface area contributed by atoms with E-state index in [2.05, 4.69) is 5.32 Å². The second kappa shape index (κ2) is 7.05. The first-order valence-electron chi connectivity index (χ1n) is 9.22. The van der Waals surface area contributed by atoms with E-state index in [1.807, 2.05) is 13.8 Å². The Morgan fingerprint density at radius 3 is 2.48 bits per heavy atom. The van der Waals surface area contributed by atoms with Crippen molar-refractivity contribution < 1.29 is 22.8 Å². The number of piperidine rings is 1. The molecule has 148 valence electrons. The third-order valence-corrected chi connectivity index (χ3v) is 5.45. The Labute approximate surface area is 156 Å². The summed E-state index contributed by atoms with van der Waals surface area (Å²) in [5, 5.41) is 2.55. The van der Waals surface area contributed by atoms with Crippen LogP contribution in [-0.2, 0) is 11.0 Å². The Hall–Kier alpha value is -2.25. The second-order valence-electron chi connectivity index (χ2n) is 7.49. The molecule has 3 amide bonds. The van der Waals surface area contributed by atoms with Crippen molar-refractivity contribution in [3.8, 4) is 0 Å². The molecule has 0 bridgehead atoms. The molecule has 0 saturated carbocycles. The third kappa shape index (κ3) is 3.61. The summed E-state index contributed by atoms with van der Waals surface area (Å²) < 4.78 is 38.7. The van der Waals surface area contributed by atoms with E-state index in [9.17, 15) is 22.8 Å². The summed E-state index contributed by atoms with van der Waals surface area (Å²) in [5.41, 5.74) is -1.63. The lowest BCUT2D eigenvalue weighted by molar-refractivity contribution is -0.147. The number of hydrogen-bond donors (Lipinski definition) is 1. The Morgan fingerprint density at radius 1 is 1.19 bits per heavy atom. The van der Waals surface area contributed by atoms with E-state index in [1.54, 1.807) is 4.90 Å². The molecule has 0 aliphatic carbocycles. The van der Waals surface area contributed by atoms with Gasteiger partial charge in [0.15, 0.2) is 0 Å². The molecule has 1 unspecified atom stereocenters. The summed E-state index contributed by atoms with van der Waals surface area (Å²) in [6.45, 7) is 4.97. The van der Waals surface area contributed by atoms with Crippen LogP contribution in [0.4, 0.5) is 23.7 Å². The normalized spacial score (nSPS) is 23.4. The highest BCUT2D eigenvalue weighted by Crippen LogP contribution is 2.39. The number of benzene rings is 1. The van der Waals surface area contributed by atoms with E-state index < -0.39 is 23.3 Å². The first kappa shape index (κ1) is 19.5. The number of carbonyl (C=O) groups excluding carboxylic acids is 2. The molecule has 1 N–H and O–H groups in total. The highest BCUT2D eigenvalue weighted by molar-refractivity contribution is 5.97. The average molecular weight is 383 g/mol. The number of hydrogen-bond acceptors (Lipinski definition) is 2. The topological polar surface area (TPSA) is 52.6 Å². The molecule has 2 aliphatic rings. The molecule has 1 aromatic rings. The van der Waals surface area contributed by atoms with Crippen LogP contribution >= 0.6 is 0 Å². The average Bonchev–Trinajstić information content (AvgIpc) is 3.01. The molecule has 3 rings (SSSR count). The van der Waals surface area contributed by atoms with Gasteiger partial charge in [0, 0.05) is 24.8 Å². The maximum absolute atomic E-state index is 13.1. The first-order valence-corrected chi connectivity index (χ1v) is 9.22. The molecule has 2 saturated heterocycles. The monoisotopic (exact) mass is 383 g/mol. The summed E-state index contributed by atoms with van der Waals surface area (Å²) in [4.78, 5) is 29.2. The van der Waals surface area contributed by atoms with Gasteiger partial charge in [-0.3, -0.25) is 4.79 Å². The molecular weight excluding hydrogens is 359 g/mol. The molecule has 2 fully saturated rings. The van der Waals surface area contributed by atoms with E-state index in [4.69, 9.17) is 0 Å². The molecular formula is C19H24F3N3O2. The highest BCUT2D eigenvalue weighted by atomic mass is 19.4. The van der Waals surface area contributed by atoms with Gasteiger partial charge < -0.3 is 15.1 Å². The largest absolute Gasteiger partial charge is 0.416 e. The minimum atomic E-state index is -4.48. The van der Waals surface area contributed by atoms with Gasteiger partial charge in [-0.05, 0) is 57.7 Å². The number of urea groups is 1. The van der Waals surface area contributed by atoms with Crippen LogP contribution in [0.3, 0.4) is 0 Å². The Balaban J connectivity index is 1.81. The van der Waals surface area contributed by atoms with E-state index in [0.29, 0.717) is 32.4 Å². The van der Waals surface area contributed by atoms with Gasteiger partial charge in [-0.2, -0.15) is 13.2 Å². The predicted molar refractivity (Wildman–Crippen MR) is 95.2 cm³/mol. The summed E-state index contributed by atoms with van der Waals surface area (Å²) in [6, 6.07) is 4.06. The molecule has 2 aliphatic heterocycles. The van der Waals surface area contributed by atoms with Gasteiger partial charge in [0.1, 0.15) is 5.54 Å². The van der Waals surface area contributed by atoms with Crippen LogP contribution in [-0.4, -0.2) is 46.4 Å². The van der Waals surface area contributed by atoms with Gasteiger partial charge in [-0.1, -0.05) is 6.07 Å². The SMILES string of the molecule is CC(C)N1CCCC2(CCCN2C(=O)Nc2cccc(C(F)(F)F)c2)C1=O. The first-order chi connectivity index (χ1) is 12.6. The number of nitrogens with one attached hydrogen (secondary N) is 1. The van der Waals surface area contributed by atoms with Crippen molar-refractivity contribution in [3.63, 3.8) is 0 Å². The Kier molecular flexibility index (Phi) is 5.10. The van der Waals surface area contributed by atoms with E-state index >= 15 is 0 Å². The van der Waals surface area contributed by atoms with Crippen LogP contribution < -0.4 is 5.32 Å². The number of carbonyl (C=O) groups is 2. The number of alkyl halides is 3. The lowest BCUT2D eigenvalue weighted by Crippen LogP contribution is -2.63. The van der Waals surface area contributed by atoms with Crippen LogP contribution in [0.2, 0.25) is 0 Å². The van der Waals surface area contributed by atoms with Crippen molar-refractivity contribution in [1.29, 1.82) is 0 Å². The molecule has 27 heavy (non-hydrogen) atoms. The zero-order chi connectivity index (χ0) is 19.8. The molecule has 1 spiro atoms. The maximum atomic E-state index is 13.1. The molecule has 1 atom stereocenters. The van der Waals surface area contributed by atoms with Crippen molar-refractivity contribution in [1.82, 2.24) is 9.80 Å². The molecule has 0 aromatic heterocycles. The Bertz CT molecular complexity index is 735. The Morgan fingerprint density at radius 2 is 1.85 bits per heavy atom. The molecule has 8 heteroatoms. The summed E-state index contributed by atoms with van der Waals surface area (Å²) in [6.07, 6.45) is -1.80. The van der Waals surface area contributed by atoms with Crippen molar-refractivity contribution >= 4 is 17.6 Å². The molecule has 5 nitrogen and oxygen atoms in total. The van der Waals surface area contributed by atoms with Gasteiger partial charge in [-0.25, -0.2) is 4.79 Å². The van der Waals surface area contributed by atoms with Crippen LogP contribution in [0.1, 0.15) is 45.1 Å². The number of halogens is 3. The maximum Gasteiger partial charge on any atom is 0.416 e. The fourth-order valence-electron chi connectivity index (χ4n) is 4.13. The quantitative estimate of drug-likeness (QED) is 0.836. The standard InChI is InChI=1S/C19H24F3N3O2/c1-13(2)24-10-4-8-18(16(24)26)9-5-11-25(18)17(27)23-15-7-3-6-14(12-15)19(20,21)22/h3,6-7,12-13H,4-5,8-11H2,1-2H3,(H,23,27). The summed E-state index contributed by atoms with van der Waals surface area (Å²) >= 11 is 0. The molecule has 1 aromatic carbocycles. The van der Waals surface area contributed by atoms with Gasteiger partial charge in [0.25, 0.3) is 0 Å². The minimum absolute atomic E-state index is 0.0450. The van der Waals surface area contributed by atoms with Gasteiger partial charge in [-0.15, -0.1) is 0 Å². The van der Waals surface area contributed by atoms with Crippen molar-refractivity contribution in [3.05, 3.63) is 29.8 Å². The lowest BCUT2D eigenvalue weighted by Gasteiger charge is -2.45. The van der Waals surface area contributed by atoms with E-state index in [1.165, 1.54) is 17.0 Å². The number of nitrogens with zero attached hydrogens (tertiary/aromatic N) is 2. The van der Waals surface area contributed by atoms with Crippen molar-refractivity contribution in [2.45, 2.75) is 57.3 Å². The fourth-order valence-corrected chi connectivity index (χ4v) is 4.13. The van der Waals surface area contributed by atoms with Crippen molar-refractivity contribution in [2.75, 3.05) is 18.4 Å². The lowest BCUT2D eigenvalue weighted by atomic mass is 9.85. The number of anilines is 1. The number of amides is 3. The van der Waals surface area contributed by atoms with Crippen LogP contribution in [0, 0.1) is 0 Å². The van der Waals surface area contributed by atoms with Crippen LogP contribution in [0.5, 0.6) is 0 Å². The van der Waals surface area contributed by atoms with Crippen LogP contribution in [0.25, 0.3) is 0 Å². The van der Waals surface area contributed by atoms with E-state index in [-0.39, 0.29) is 17.6 Å². The van der Waals surface area contributed by atoms with Crippen LogP contribution in [0.15, 0.2) is 24.3 Å². The fraction of sp³-hybridized carbons (Fsp3) is 0.579. The summed E-state index contributed by atoms with van der Waals surface area (Å²) in [7, 11) is 0. The molecule has 2 heterocycles. The van der Waals surface area contributed by atoms with Gasteiger partial charge in [0.05, 0.1) is 5.56 Å². The highest BCUT2D eigenvalue weighted by Gasteiger charge is 2.53. The zero-order valence-electron chi connectivity index (χ0n) is 15.5. The van der Waals surface area contributed by atoms with E-state index in [0.717, 1.165) is 18.6 Å². The third-order valence-electron chi connectivity index (χ3n) is 5.45. The number of rotatable bonds is 2.